The van der Waals surface area contributed by atoms with Crippen LogP contribution in [0.2, 0.25) is 0 Å². The van der Waals surface area contributed by atoms with Gasteiger partial charge in [0.1, 0.15) is 0 Å². The third-order valence-electron chi connectivity index (χ3n) is 4.55. The summed E-state index contributed by atoms with van der Waals surface area (Å²) in [5, 5.41) is 1.17. The fraction of sp³-hybridized carbons (Fsp3) is 0.304. The molecule has 0 aliphatic carbocycles. The zero-order chi connectivity index (χ0) is 19.4. The van der Waals surface area contributed by atoms with Gasteiger partial charge in [-0.25, -0.2) is 9.79 Å². The molecular weight excluding hydrogens is 354 g/mol. The smallest absolute Gasteiger partial charge is 0.338 e. The standard InChI is InChI=1S/C23H23NO2S/c1-5-26-22(25)18-11-8-16(9-12-18)6-7-17-10-13-20-19(14-17)23(2,3)15-21(24-20)27-4/h8-14H,5,15H2,1-4H3. The summed E-state index contributed by atoms with van der Waals surface area (Å²) < 4.78 is 5.00. The molecule has 0 atom stereocenters. The Morgan fingerprint density at radius 2 is 1.81 bits per heavy atom. The molecule has 4 heteroatoms. The highest BCUT2D eigenvalue weighted by molar-refractivity contribution is 8.13. The number of hydrogen-bond donors (Lipinski definition) is 0. The molecule has 138 valence electrons. The Kier molecular flexibility index (Phi) is 5.72. The number of fused-ring (bicyclic) bond motifs is 1. The fourth-order valence-electron chi connectivity index (χ4n) is 3.07. The number of ether oxygens (including phenoxy) is 1. The van der Waals surface area contributed by atoms with Crippen molar-refractivity contribution in [2.45, 2.75) is 32.6 Å². The van der Waals surface area contributed by atoms with E-state index in [0.717, 1.165) is 23.2 Å². The summed E-state index contributed by atoms with van der Waals surface area (Å²) in [6, 6.07) is 13.4. The van der Waals surface area contributed by atoms with E-state index in [1.54, 1.807) is 30.8 Å². The van der Waals surface area contributed by atoms with Gasteiger partial charge < -0.3 is 4.74 Å². The van der Waals surface area contributed by atoms with Crippen molar-refractivity contribution in [3.63, 3.8) is 0 Å². The molecule has 2 aromatic rings. The van der Waals surface area contributed by atoms with E-state index in [0.29, 0.717) is 12.2 Å². The van der Waals surface area contributed by atoms with Gasteiger partial charge in [-0.15, -0.1) is 11.8 Å². The zero-order valence-electron chi connectivity index (χ0n) is 16.1. The quantitative estimate of drug-likeness (QED) is 0.524. The highest BCUT2D eigenvalue weighted by Gasteiger charge is 2.29. The molecule has 0 aromatic heterocycles. The predicted octanol–water partition coefficient (Wildman–Crippen LogP) is 5.34. The van der Waals surface area contributed by atoms with E-state index in [4.69, 9.17) is 9.73 Å². The Balaban J connectivity index is 1.84. The highest BCUT2D eigenvalue weighted by Crippen LogP contribution is 2.41. The van der Waals surface area contributed by atoms with E-state index in [-0.39, 0.29) is 11.4 Å². The molecule has 0 bridgehead atoms. The lowest BCUT2D eigenvalue weighted by Crippen LogP contribution is -2.24. The second-order valence-corrected chi connectivity index (χ2v) is 7.93. The van der Waals surface area contributed by atoms with Crippen LogP contribution in [0.4, 0.5) is 5.69 Å². The lowest BCUT2D eigenvalue weighted by molar-refractivity contribution is 0.0526. The van der Waals surface area contributed by atoms with Gasteiger partial charge in [-0.2, -0.15) is 0 Å². The van der Waals surface area contributed by atoms with Gasteiger partial charge in [0.2, 0.25) is 0 Å². The summed E-state index contributed by atoms with van der Waals surface area (Å²) >= 11 is 1.72. The van der Waals surface area contributed by atoms with Gasteiger partial charge in [0.15, 0.2) is 0 Å². The van der Waals surface area contributed by atoms with Crippen LogP contribution in [0.3, 0.4) is 0 Å². The molecule has 1 aliphatic heterocycles. The molecule has 0 fully saturated rings. The molecule has 2 aromatic carbocycles. The molecule has 0 radical (unpaired) electrons. The van der Waals surface area contributed by atoms with Crippen molar-refractivity contribution in [3.05, 3.63) is 64.7 Å². The monoisotopic (exact) mass is 377 g/mol. The van der Waals surface area contributed by atoms with Crippen LogP contribution >= 0.6 is 11.8 Å². The Bertz CT molecular complexity index is 947. The van der Waals surface area contributed by atoms with Gasteiger partial charge in [0.05, 0.1) is 22.9 Å². The topological polar surface area (TPSA) is 38.7 Å². The van der Waals surface area contributed by atoms with Crippen molar-refractivity contribution < 1.29 is 9.53 Å². The van der Waals surface area contributed by atoms with Gasteiger partial charge in [-0.1, -0.05) is 25.7 Å². The third kappa shape index (κ3) is 4.43. The molecule has 1 aliphatic rings. The Morgan fingerprint density at radius 1 is 1.15 bits per heavy atom. The van der Waals surface area contributed by atoms with E-state index in [9.17, 15) is 4.79 Å². The van der Waals surface area contributed by atoms with Crippen molar-refractivity contribution in [2.75, 3.05) is 12.9 Å². The molecule has 3 nitrogen and oxygen atoms in total. The minimum atomic E-state index is -0.306. The first-order valence-electron chi connectivity index (χ1n) is 8.98. The number of thioether (sulfide) groups is 1. The van der Waals surface area contributed by atoms with Crippen molar-refractivity contribution in [2.24, 2.45) is 4.99 Å². The van der Waals surface area contributed by atoms with Crippen LogP contribution in [0.1, 0.15) is 54.2 Å². The van der Waals surface area contributed by atoms with Crippen molar-refractivity contribution >= 4 is 28.5 Å². The lowest BCUT2D eigenvalue weighted by atomic mass is 9.79. The SMILES string of the molecule is CCOC(=O)c1ccc(C#Cc2ccc3c(c2)C(C)(C)CC(SC)=N3)cc1. The molecule has 27 heavy (non-hydrogen) atoms. The van der Waals surface area contributed by atoms with Gasteiger partial charge in [-0.3, -0.25) is 0 Å². The number of nitrogens with zero attached hydrogens (tertiary/aromatic N) is 1. The van der Waals surface area contributed by atoms with Gasteiger partial charge >= 0.3 is 5.97 Å². The number of carbonyl (C=O) groups is 1. The number of benzene rings is 2. The second-order valence-electron chi connectivity index (χ2n) is 7.05. The first-order valence-corrected chi connectivity index (χ1v) is 10.2. The summed E-state index contributed by atoms with van der Waals surface area (Å²) in [4.78, 5) is 16.5. The Hall–Kier alpha value is -2.51. The maximum Gasteiger partial charge on any atom is 0.338 e. The molecule has 0 saturated heterocycles. The molecule has 0 amide bonds. The molecule has 0 N–H and O–H groups in total. The van der Waals surface area contributed by atoms with Crippen LogP contribution < -0.4 is 0 Å². The summed E-state index contributed by atoms with van der Waals surface area (Å²) in [5.41, 5.74) is 4.71. The van der Waals surface area contributed by atoms with E-state index in [1.165, 1.54) is 10.6 Å². The van der Waals surface area contributed by atoms with Crippen LogP contribution in [-0.4, -0.2) is 23.9 Å². The number of hydrogen-bond acceptors (Lipinski definition) is 4. The van der Waals surface area contributed by atoms with E-state index in [2.05, 4.69) is 44.1 Å². The minimum absolute atomic E-state index is 0.0500. The first-order chi connectivity index (χ1) is 12.9. The van der Waals surface area contributed by atoms with Crippen molar-refractivity contribution in [3.8, 4) is 11.8 Å². The second kappa shape index (κ2) is 8.02. The average Bonchev–Trinajstić information content (AvgIpc) is 2.66. The van der Waals surface area contributed by atoms with E-state index < -0.39 is 0 Å². The zero-order valence-corrected chi connectivity index (χ0v) is 16.9. The van der Waals surface area contributed by atoms with Crippen LogP contribution in [0, 0.1) is 11.8 Å². The normalized spacial score (nSPS) is 14.4. The van der Waals surface area contributed by atoms with Crippen LogP contribution in [0.25, 0.3) is 0 Å². The molecule has 0 unspecified atom stereocenters. The maximum atomic E-state index is 11.7. The molecule has 3 rings (SSSR count). The number of esters is 1. The number of carbonyl (C=O) groups excluding carboxylic acids is 1. The molecule has 0 spiro atoms. The first kappa shape index (κ1) is 19.3. The highest BCUT2D eigenvalue weighted by atomic mass is 32.2. The van der Waals surface area contributed by atoms with Gasteiger partial charge in [0.25, 0.3) is 0 Å². The molecule has 1 heterocycles. The van der Waals surface area contributed by atoms with Gasteiger partial charge in [0, 0.05) is 17.5 Å². The summed E-state index contributed by atoms with van der Waals surface area (Å²) in [7, 11) is 0. The van der Waals surface area contributed by atoms with Crippen LogP contribution in [-0.2, 0) is 10.2 Å². The Morgan fingerprint density at radius 3 is 2.48 bits per heavy atom. The van der Waals surface area contributed by atoms with Crippen molar-refractivity contribution in [1.82, 2.24) is 0 Å². The van der Waals surface area contributed by atoms with Gasteiger partial charge in [-0.05, 0) is 66.6 Å². The molecule has 0 saturated carbocycles. The summed E-state index contributed by atoms with van der Waals surface area (Å²) in [5.74, 6) is 6.09. The lowest BCUT2D eigenvalue weighted by Gasteiger charge is -2.31. The molecular formula is C23H23NO2S. The fourth-order valence-corrected chi connectivity index (χ4v) is 3.76. The largest absolute Gasteiger partial charge is 0.462 e. The van der Waals surface area contributed by atoms with E-state index in [1.807, 2.05) is 18.2 Å². The number of aliphatic imine (C=N–C) groups is 1. The van der Waals surface area contributed by atoms with Crippen LogP contribution in [0.5, 0.6) is 0 Å². The van der Waals surface area contributed by atoms with Crippen molar-refractivity contribution in [1.29, 1.82) is 0 Å². The third-order valence-corrected chi connectivity index (χ3v) is 5.25. The van der Waals surface area contributed by atoms with Crippen LogP contribution in [0.15, 0.2) is 47.5 Å². The summed E-state index contributed by atoms with van der Waals surface area (Å²) in [6.45, 7) is 6.67. The number of rotatable bonds is 2. The Labute approximate surface area is 165 Å². The average molecular weight is 378 g/mol. The maximum absolute atomic E-state index is 11.7. The predicted molar refractivity (Wildman–Crippen MR) is 113 cm³/mol. The van der Waals surface area contributed by atoms with E-state index >= 15 is 0 Å². The summed E-state index contributed by atoms with van der Waals surface area (Å²) in [6.07, 6.45) is 3.03. The minimum Gasteiger partial charge on any atom is -0.462 e.